The maximum atomic E-state index is 11.1. The van der Waals surface area contributed by atoms with Crippen LogP contribution in [0.15, 0.2) is 28.7 Å². The summed E-state index contributed by atoms with van der Waals surface area (Å²) in [5, 5.41) is 0. The van der Waals surface area contributed by atoms with Gasteiger partial charge in [-0.05, 0) is 30.9 Å². The Labute approximate surface area is 86.3 Å². The maximum Gasteiger partial charge on any atom is 0.133 e. The molecule has 0 amide bonds. The van der Waals surface area contributed by atoms with Gasteiger partial charge in [-0.15, -0.1) is 0 Å². The smallest absolute Gasteiger partial charge is 0.133 e. The molecule has 0 aliphatic heterocycles. The second kappa shape index (κ2) is 3.26. The molecular formula is C11H11BrO. The highest BCUT2D eigenvalue weighted by Gasteiger charge is 2.42. The third-order valence-electron chi connectivity index (χ3n) is 2.62. The molecule has 0 heterocycles. The predicted molar refractivity (Wildman–Crippen MR) is 55.7 cm³/mol. The summed E-state index contributed by atoms with van der Waals surface area (Å²) in [5.74, 6) is 1.06. The molecular weight excluding hydrogens is 228 g/mol. The van der Waals surface area contributed by atoms with Crippen molar-refractivity contribution in [2.75, 3.05) is 0 Å². The molecule has 1 aliphatic rings. The van der Waals surface area contributed by atoms with Crippen LogP contribution in [0.1, 0.15) is 24.8 Å². The molecule has 0 N–H and O–H groups in total. The normalized spacial score (nSPS) is 25.7. The van der Waals surface area contributed by atoms with Gasteiger partial charge in [0.25, 0.3) is 0 Å². The molecule has 1 fully saturated rings. The molecule has 1 aliphatic carbocycles. The molecule has 0 saturated heterocycles. The minimum Gasteiger partial charge on any atom is -0.300 e. The molecule has 2 atom stereocenters. The fourth-order valence-corrected chi connectivity index (χ4v) is 2.34. The number of hydrogen-bond donors (Lipinski definition) is 0. The molecule has 1 saturated carbocycles. The number of benzene rings is 1. The zero-order chi connectivity index (χ0) is 9.42. The van der Waals surface area contributed by atoms with Gasteiger partial charge in [-0.25, -0.2) is 0 Å². The average molecular weight is 239 g/mol. The quantitative estimate of drug-likeness (QED) is 0.774. The number of halogens is 1. The lowest BCUT2D eigenvalue weighted by Crippen LogP contribution is -1.94. The van der Waals surface area contributed by atoms with Crippen LogP contribution in [0.3, 0.4) is 0 Å². The molecule has 1 nitrogen and oxygen atoms in total. The highest BCUT2D eigenvalue weighted by molar-refractivity contribution is 9.10. The molecule has 0 bridgehead atoms. The van der Waals surface area contributed by atoms with E-state index >= 15 is 0 Å². The second-order valence-electron chi connectivity index (χ2n) is 3.58. The number of carbonyl (C=O) groups is 1. The first-order valence-corrected chi connectivity index (χ1v) is 5.24. The summed E-state index contributed by atoms with van der Waals surface area (Å²) in [4.78, 5) is 11.1. The first-order valence-electron chi connectivity index (χ1n) is 4.45. The maximum absolute atomic E-state index is 11.1. The van der Waals surface area contributed by atoms with Crippen molar-refractivity contribution in [3.63, 3.8) is 0 Å². The predicted octanol–water partition coefficient (Wildman–Crippen LogP) is 3.14. The topological polar surface area (TPSA) is 17.1 Å². The number of carbonyl (C=O) groups excluding carboxylic acids is 1. The summed E-state index contributed by atoms with van der Waals surface area (Å²) in [7, 11) is 0. The van der Waals surface area contributed by atoms with Crippen LogP contribution in [0.25, 0.3) is 0 Å². The van der Waals surface area contributed by atoms with Crippen molar-refractivity contribution in [3.8, 4) is 0 Å². The minimum atomic E-state index is 0.277. The van der Waals surface area contributed by atoms with Crippen LogP contribution in [0.2, 0.25) is 0 Å². The van der Waals surface area contributed by atoms with Crippen molar-refractivity contribution in [2.45, 2.75) is 19.3 Å². The number of ketones is 1. The van der Waals surface area contributed by atoms with E-state index in [0.717, 1.165) is 10.9 Å². The van der Waals surface area contributed by atoms with Gasteiger partial charge >= 0.3 is 0 Å². The number of Topliss-reactive ketones (excluding diaryl/α,β-unsaturated/α-hetero) is 1. The lowest BCUT2D eigenvalue weighted by atomic mass is 10.1. The van der Waals surface area contributed by atoms with Gasteiger partial charge in [0, 0.05) is 10.4 Å². The van der Waals surface area contributed by atoms with E-state index in [1.54, 1.807) is 6.92 Å². The van der Waals surface area contributed by atoms with Crippen LogP contribution in [0.4, 0.5) is 0 Å². The van der Waals surface area contributed by atoms with E-state index < -0.39 is 0 Å². The summed E-state index contributed by atoms with van der Waals surface area (Å²) >= 11 is 3.50. The molecule has 0 aromatic heterocycles. The summed E-state index contributed by atoms with van der Waals surface area (Å²) < 4.78 is 1.13. The van der Waals surface area contributed by atoms with Gasteiger partial charge in [0.1, 0.15) is 5.78 Å². The van der Waals surface area contributed by atoms with Crippen LogP contribution in [-0.2, 0) is 4.79 Å². The van der Waals surface area contributed by atoms with Crippen molar-refractivity contribution in [1.82, 2.24) is 0 Å². The molecule has 1 aromatic rings. The third-order valence-corrected chi connectivity index (χ3v) is 3.34. The van der Waals surface area contributed by atoms with E-state index in [-0.39, 0.29) is 5.92 Å². The first kappa shape index (κ1) is 8.95. The van der Waals surface area contributed by atoms with Crippen LogP contribution < -0.4 is 0 Å². The van der Waals surface area contributed by atoms with Crippen molar-refractivity contribution in [1.29, 1.82) is 0 Å². The number of hydrogen-bond acceptors (Lipinski definition) is 1. The van der Waals surface area contributed by atoms with Gasteiger partial charge in [-0.3, -0.25) is 4.79 Å². The Morgan fingerprint density at radius 2 is 2.15 bits per heavy atom. The summed E-state index contributed by atoms with van der Waals surface area (Å²) in [6, 6.07) is 8.15. The Kier molecular flexibility index (Phi) is 2.24. The second-order valence-corrected chi connectivity index (χ2v) is 4.44. The van der Waals surface area contributed by atoms with Crippen LogP contribution >= 0.6 is 15.9 Å². The van der Waals surface area contributed by atoms with Crippen LogP contribution in [-0.4, -0.2) is 5.78 Å². The molecule has 13 heavy (non-hydrogen) atoms. The van der Waals surface area contributed by atoms with Crippen molar-refractivity contribution in [3.05, 3.63) is 34.3 Å². The Bertz CT molecular complexity index is 346. The van der Waals surface area contributed by atoms with Gasteiger partial charge in [0.15, 0.2) is 0 Å². The monoisotopic (exact) mass is 238 g/mol. The molecule has 68 valence electrons. The fraction of sp³-hybridized carbons (Fsp3) is 0.364. The molecule has 0 spiro atoms. The molecule has 2 heteroatoms. The van der Waals surface area contributed by atoms with Crippen LogP contribution in [0.5, 0.6) is 0 Å². The van der Waals surface area contributed by atoms with Gasteiger partial charge in [0.2, 0.25) is 0 Å². The summed E-state index contributed by atoms with van der Waals surface area (Å²) in [6.07, 6.45) is 1.03. The Balaban J connectivity index is 2.21. The summed E-state index contributed by atoms with van der Waals surface area (Å²) in [5.41, 5.74) is 1.28. The fourth-order valence-electron chi connectivity index (χ4n) is 1.76. The van der Waals surface area contributed by atoms with E-state index in [2.05, 4.69) is 22.0 Å². The lowest BCUT2D eigenvalue weighted by molar-refractivity contribution is -0.118. The number of rotatable bonds is 2. The zero-order valence-corrected chi connectivity index (χ0v) is 9.04. The van der Waals surface area contributed by atoms with E-state index in [1.165, 1.54) is 5.56 Å². The van der Waals surface area contributed by atoms with Crippen molar-refractivity contribution >= 4 is 21.7 Å². The van der Waals surface area contributed by atoms with E-state index in [1.807, 2.05) is 18.2 Å². The van der Waals surface area contributed by atoms with Crippen LogP contribution in [0, 0.1) is 5.92 Å². The highest BCUT2D eigenvalue weighted by atomic mass is 79.9. The molecule has 1 aromatic carbocycles. The average Bonchev–Trinajstić information content (AvgIpc) is 2.84. The van der Waals surface area contributed by atoms with Gasteiger partial charge in [-0.1, -0.05) is 34.1 Å². The van der Waals surface area contributed by atoms with E-state index in [0.29, 0.717) is 11.7 Å². The van der Waals surface area contributed by atoms with Gasteiger partial charge in [-0.2, -0.15) is 0 Å². The highest BCUT2D eigenvalue weighted by Crippen LogP contribution is 2.49. The standard InChI is InChI=1S/C11H11BrO/c1-7(13)9-6-10(9)8-4-2-3-5-11(8)12/h2-5,9-10H,6H2,1H3/t9-,10+/m0/s1. The lowest BCUT2D eigenvalue weighted by Gasteiger charge is -2.01. The third kappa shape index (κ3) is 1.68. The molecule has 0 unspecified atom stereocenters. The van der Waals surface area contributed by atoms with Crippen molar-refractivity contribution < 1.29 is 4.79 Å². The minimum absolute atomic E-state index is 0.277. The van der Waals surface area contributed by atoms with E-state index in [9.17, 15) is 4.79 Å². The van der Waals surface area contributed by atoms with Crippen molar-refractivity contribution in [2.24, 2.45) is 5.92 Å². The Hall–Kier alpha value is -0.630. The Morgan fingerprint density at radius 3 is 2.69 bits per heavy atom. The molecule has 2 rings (SSSR count). The summed E-state index contributed by atoms with van der Waals surface area (Å²) in [6.45, 7) is 1.68. The zero-order valence-electron chi connectivity index (χ0n) is 7.46. The van der Waals surface area contributed by atoms with Gasteiger partial charge in [0.05, 0.1) is 0 Å². The molecule has 0 radical (unpaired) electrons. The SMILES string of the molecule is CC(=O)[C@@H]1C[C@@H]1c1ccccc1Br. The largest absolute Gasteiger partial charge is 0.300 e. The first-order chi connectivity index (χ1) is 6.20. The van der Waals surface area contributed by atoms with Gasteiger partial charge < -0.3 is 0 Å². The van der Waals surface area contributed by atoms with E-state index in [4.69, 9.17) is 0 Å². The Morgan fingerprint density at radius 1 is 1.46 bits per heavy atom.